The Labute approximate surface area is 71.8 Å². The van der Waals surface area contributed by atoms with E-state index in [2.05, 4.69) is 10.5 Å². The van der Waals surface area contributed by atoms with Gasteiger partial charge in [-0.25, -0.2) is 8.78 Å². The average molecular weight is 203 g/mol. The van der Waals surface area contributed by atoms with E-state index in [1.165, 1.54) is 0 Å². The molecule has 0 aromatic rings. The van der Waals surface area contributed by atoms with Gasteiger partial charge in [-0.1, -0.05) is 0 Å². The van der Waals surface area contributed by atoms with Crippen LogP contribution in [-0.2, 0) is 9.53 Å². The quantitative estimate of drug-likeness (QED) is 0.512. The second kappa shape index (κ2) is 5.00. The largest absolute Gasteiger partial charge is 0.374 e. The van der Waals surface area contributed by atoms with E-state index in [1.807, 2.05) is 0 Å². The van der Waals surface area contributed by atoms with E-state index in [-0.39, 0.29) is 13.0 Å². The highest BCUT2D eigenvalue weighted by Crippen LogP contribution is 2.22. The normalized spacial score (nSPS) is 12.1. The molecule has 2 N–H and O–H groups in total. The van der Waals surface area contributed by atoms with E-state index < -0.39 is 24.9 Å². The Kier molecular flexibility index (Phi) is 4.68. The number of carbonyl (C=O) groups excluding carboxylic acids is 1. The van der Waals surface area contributed by atoms with Gasteiger partial charge in [-0.3, -0.25) is 4.79 Å². The van der Waals surface area contributed by atoms with E-state index in [0.29, 0.717) is 0 Å². The fourth-order valence-electron chi connectivity index (χ4n) is 0.444. The van der Waals surface area contributed by atoms with Gasteiger partial charge in [0.1, 0.15) is 6.61 Å². The molecule has 0 radical (unpaired) electrons. The number of hydrogen-bond acceptors (Lipinski definition) is 2. The molecule has 0 heterocycles. The summed E-state index contributed by atoms with van der Waals surface area (Å²) in [5.74, 6) is -4.90. The van der Waals surface area contributed by atoms with Crippen LogP contribution in [0, 0.1) is 0 Å². The van der Waals surface area contributed by atoms with Gasteiger partial charge in [0.15, 0.2) is 0 Å². The number of rotatable bonds is 6. The van der Waals surface area contributed by atoms with E-state index in [1.54, 1.807) is 0 Å². The maximum Gasteiger partial charge on any atom is 0.330 e. The van der Waals surface area contributed by atoms with Crippen LogP contribution >= 0.6 is 0 Å². The lowest BCUT2D eigenvalue weighted by atomic mass is 10.4. The molecule has 0 atom stereocenters. The summed E-state index contributed by atoms with van der Waals surface area (Å²) in [4.78, 5) is 10.1. The van der Waals surface area contributed by atoms with E-state index >= 15 is 0 Å². The molecule has 0 saturated heterocycles. The summed E-state index contributed by atoms with van der Waals surface area (Å²) in [5.41, 5.74) is 4.65. The molecule has 0 bridgehead atoms. The predicted octanol–water partition coefficient (Wildman–Crippen LogP) is 0.779. The van der Waals surface area contributed by atoms with Gasteiger partial charge in [0.05, 0.1) is 6.61 Å². The van der Waals surface area contributed by atoms with Crippen LogP contribution in [-0.4, -0.2) is 31.5 Å². The van der Waals surface area contributed by atoms with Crippen molar-refractivity contribution in [3.63, 3.8) is 0 Å². The molecule has 7 heteroatoms. The number of ether oxygens (including phenoxy) is 1. The molecular weight excluding hydrogens is 194 g/mol. The highest BCUT2D eigenvalue weighted by molar-refractivity contribution is 5.73. The summed E-state index contributed by atoms with van der Waals surface area (Å²) in [7, 11) is 0. The number of amides is 1. The number of primary amides is 1. The van der Waals surface area contributed by atoms with Crippen LogP contribution in [0.15, 0.2) is 0 Å². The zero-order chi connectivity index (χ0) is 10.5. The van der Waals surface area contributed by atoms with Gasteiger partial charge < -0.3 is 10.5 Å². The predicted molar refractivity (Wildman–Crippen MR) is 35.6 cm³/mol. The van der Waals surface area contributed by atoms with Crippen LogP contribution in [0.4, 0.5) is 17.6 Å². The minimum absolute atomic E-state index is 0.265. The number of hydrogen-bond donors (Lipinski definition) is 1. The van der Waals surface area contributed by atoms with Crippen LogP contribution in [0.2, 0.25) is 0 Å². The molecule has 0 fully saturated rings. The minimum atomic E-state index is -4.17. The SMILES string of the molecule is NC(=O)CCOCC(F)(F)C(F)F. The van der Waals surface area contributed by atoms with Crippen molar-refractivity contribution in [2.75, 3.05) is 13.2 Å². The summed E-state index contributed by atoms with van der Waals surface area (Å²) in [6.07, 6.45) is -4.03. The first kappa shape index (κ1) is 12.2. The third-order valence-corrected chi connectivity index (χ3v) is 1.11. The van der Waals surface area contributed by atoms with Crippen LogP contribution < -0.4 is 5.73 Å². The van der Waals surface area contributed by atoms with Crippen molar-refractivity contribution < 1.29 is 27.1 Å². The lowest BCUT2D eigenvalue weighted by Crippen LogP contribution is -2.32. The molecule has 0 saturated carbocycles. The molecule has 3 nitrogen and oxygen atoms in total. The Hall–Kier alpha value is -0.850. The van der Waals surface area contributed by atoms with Gasteiger partial charge in [0, 0.05) is 6.42 Å². The third kappa shape index (κ3) is 5.40. The van der Waals surface area contributed by atoms with Gasteiger partial charge in [0.2, 0.25) is 5.91 Å². The molecule has 0 spiro atoms. The number of halogens is 4. The number of nitrogens with two attached hydrogens (primary N) is 1. The third-order valence-electron chi connectivity index (χ3n) is 1.11. The molecular formula is C6H9F4NO2. The van der Waals surface area contributed by atoms with Crippen molar-refractivity contribution in [1.82, 2.24) is 0 Å². The van der Waals surface area contributed by atoms with Crippen molar-refractivity contribution in [3.05, 3.63) is 0 Å². The molecule has 13 heavy (non-hydrogen) atoms. The van der Waals surface area contributed by atoms with Crippen molar-refractivity contribution >= 4 is 5.91 Å². The molecule has 0 rings (SSSR count). The molecule has 0 aliphatic heterocycles. The van der Waals surface area contributed by atoms with Crippen molar-refractivity contribution in [1.29, 1.82) is 0 Å². The average Bonchev–Trinajstić information content (AvgIpc) is 1.97. The first-order valence-corrected chi connectivity index (χ1v) is 3.38. The van der Waals surface area contributed by atoms with Gasteiger partial charge >= 0.3 is 12.3 Å². The zero-order valence-electron chi connectivity index (χ0n) is 6.60. The number of carbonyl (C=O) groups is 1. The second-order valence-corrected chi connectivity index (χ2v) is 2.33. The van der Waals surface area contributed by atoms with E-state index in [9.17, 15) is 22.4 Å². The molecule has 78 valence electrons. The Morgan fingerprint density at radius 1 is 1.46 bits per heavy atom. The Bertz CT molecular complexity index is 174. The lowest BCUT2D eigenvalue weighted by molar-refractivity contribution is -0.166. The first-order chi connectivity index (χ1) is 5.86. The van der Waals surface area contributed by atoms with Crippen LogP contribution in [0.5, 0.6) is 0 Å². The molecule has 0 aromatic heterocycles. The fraction of sp³-hybridized carbons (Fsp3) is 0.833. The van der Waals surface area contributed by atoms with E-state index in [0.717, 1.165) is 0 Å². The Morgan fingerprint density at radius 3 is 2.38 bits per heavy atom. The first-order valence-electron chi connectivity index (χ1n) is 3.38. The fourth-order valence-corrected chi connectivity index (χ4v) is 0.444. The summed E-state index contributed by atoms with van der Waals surface area (Å²) >= 11 is 0. The molecule has 0 unspecified atom stereocenters. The summed E-state index contributed by atoms with van der Waals surface area (Å²) in [6.45, 7) is -1.78. The minimum Gasteiger partial charge on any atom is -0.374 e. The van der Waals surface area contributed by atoms with Crippen molar-refractivity contribution in [2.24, 2.45) is 5.73 Å². The van der Waals surface area contributed by atoms with Gasteiger partial charge in [-0.2, -0.15) is 8.78 Å². The zero-order valence-corrected chi connectivity index (χ0v) is 6.60. The van der Waals surface area contributed by atoms with Crippen molar-refractivity contribution in [3.8, 4) is 0 Å². The molecule has 0 aliphatic rings. The topological polar surface area (TPSA) is 52.3 Å². The monoisotopic (exact) mass is 203 g/mol. The Balaban J connectivity index is 3.58. The van der Waals surface area contributed by atoms with Gasteiger partial charge in [0.25, 0.3) is 0 Å². The maximum atomic E-state index is 12.1. The number of alkyl halides is 4. The second-order valence-electron chi connectivity index (χ2n) is 2.33. The molecule has 1 amide bonds. The summed E-state index contributed by atoms with van der Waals surface area (Å²) < 4.78 is 51.3. The van der Waals surface area contributed by atoms with Gasteiger partial charge in [-0.15, -0.1) is 0 Å². The van der Waals surface area contributed by atoms with Crippen LogP contribution in [0.25, 0.3) is 0 Å². The highest BCUT2D eigenvalue weighted by atomic mass is 19.3. The van der Waals surface area contributed by atoms with Crippen LogP contribution in [0.3, 0.4) is 0 Å². The van der Waals surface area contributed by atoms with E-state index in [4.69, 9.17) is 0 Å². The smallest absolute Gasteiger partial charge is 0.330 e. The Morgan fingerprint density at radius 2 is 2.00 bits per heavy atom. The lowest BCUT2D eigenvalue weighted by Gasteiger charge is -2.14. The van der Waals surface area contributed by atoms with Crippen LogP contribution in [0.1, 0.15) is 6.42 Å². The van der Waals surface area contributed by atoms with Crippen molar-refractivity contribution in [2.45, 2.75) is 18.8 Å². The maximum absolute atomic E-state index is 12.1. The standard InChI is InChI=1S/C6H9F4NO2/c7-5(8)6(9,10)3-13-2-1-4(11)12/h5H,1-3H2,(H2,11,12). The summed E-state index contributed by atoms with van der Waals surface area (Å²) in [6, 6.07) is 0. The molecule has 0 aromatic carbocycles. The molecule has 0 aliphatic carbocycles. The van der Waals surface area contributed by atoms with Gasteiger partial charge in [-0.05, 0) is 0 Å². The highest BCUT2D eigenvalue weighted by Gasteiger charge is 2.40. The summed E-state index contributed by atoms with van der Waals surface area (Å²) in [5, 5.41) is 0.